The average Bonchev–Trinajstić information content (AvgIpc) is 2.25. The fraction of sp³-hybridized carbons (Fsp3) is 0.857. The summed E-state index contributed by atoms with van der Waals surface area (Å²) in [6.45, 7) is 8.03. The number of carboxylic acids is 1. The van der Waals surface area contributed by atoms with E-state index in [1.165, 1.54) is 4.90 Å². The van der Waals surface area contributed by atoms with Crippen molar-refractivity contribution in [3.63, 3.8) is 0 Å². The van der Waals surface area contributed by atoms with Crippen LogP contribution in [0.2, 0.25) is 0 Å². The van der Waals surface area contributed by atoms with E-state index in [4.69, 9.17) is 10.8 Å². The summed E-state index contributed by atoms with van der Waals surface area (Å²) in [7, 11) is 0. The minimum absolute atomic E-state index is 0.0687. The Bertz CT molecular complexity index is 290. The summed E-state index contributed by atoms with van der Waals surface area (Å²) >= 11 is 0. The van der Waals surface area contributed by atoms with Gasteiger partial charge in [-0.3, -0.25) is 9.59 Å². The zero-order valence-electron chi connectivity index (χ0n) is 12.6. The normalized spacial score (nSPS) is 14.2. The van der Waals surface area contributed by atoms with Gasteiger partial charge in [0.1, 0.15) is 6.54 Å². The van der Waals surface area contributed by atoms with Gasteiger partial charge in [0.2, 0.25) is 5.91 Å². The van der Waals surface area contributed by atoms with Crippen LogP contribution in [0.15, 0.2) is 0 Å². The Labute approximate surface area is 116 Å². The number of rotatable bonds is 9. The van der Waals surface area contributed by atoms with Gasteiger partial charge >= 0.3 is 5.97 Å². The number of nitrogens with two attached hydrogens (primary N) is 1. The van der Waals surface area contributed by atoms with Gasteiger partial charge < -0.3 is 15.7 Å². The molecule has 112 valence electrons. The molecule has 0 aromatic carbocycles. The van der Waals surface area contributed by atoms with Crippen LogP contribution in [-0.4, -0.2) is 41.0 Å². The van der Waals surface area contributed by atoms with E-state index in [0.29, 0.717) is 6.54 Å². The average molecular weight is 272 g/mol. The first-order chi connectivity index (χ1) is 8.73. The fourth-order valence-corrected chi connectivity index (χ4v) is 2.02. The quantitative estimate of drug-likeness (QED) is 0.669. The van der Waals surface area contributed by atoms with Crippen molar-refractivity contribution in [3.05, 3.63) is 0 Å². The van der Waals surface area contributed by atoms with Crippen LogP contribution in [0.1, 0.15) is 47.0 Å². The fourth-order valence-electron chi connectivity index (χ4n) is 2.02. The second-order valence-corrected chi connectivity index (χ2v) is 5.82. The van der Waals surface area contributed by atoms with E-state index in [2.05, 4.69) is 0 Å². The molecule has 0 radical (unpaired) electrons. The second kappa shape index (κ2) is 8.91. The maximum atomic E-state index is 12.2. The molecule has 0 spiro atoms. The Hall–Kier alpha value is -1.10. The molecule has 0 saturated carbocycles. The smallest absolute Gasteiger partial charge is 0.323 e. The molecule has 1 amide bonds. The van der Waals surface area contributed by atoms with Crippen LogP contribution < -0.4 is 5.73 Å². The van der Waals surface area contributed by atoms with Gasteiger partial charge in [0.05, 0.1) is 0 Å². The van der Waals surface area contributed by atoms with Crippen LogP contribution >= 0.6 is 0 Å². The van der Waals surface area contributed by atoms with Crippen molar-refractivity contribution in [2.75, 3.05) is 13.1 Å². The lowest BCUT2D eigenvalue weighted by atomic mass is 10.00. The number of hydrogen-bond acceptors (Lipinski definition) is 3. The molecule has 0 aromatic rings. The van der Waals surface area contributed by atoms with Crippen molar-refractivity contribution >= 4 is 11.9 Å². The lowest BCUT2D eigenvalue weighted by Gasteiger charge is -2.26. The number of carbonyl (C=O) groups excluding carboxylic acids is 1. The highest BCUT2D eigenvalue weighted by molar-refractivity contribution is 5.82. The van der Waals surface area contributed by atoms with Gasteiger partial charge in [0.15, 0.2) is 0 Å². The van der Waals surface area contributed by atoms with Gasteiger partial charge in [-0.1, -0.05) is 27.2 Å². The summed E-state index contributed by atoms with van der Waals surface area (Å²) in [6, 6.07) is 0.146. The maximum absolute atomic E-state index is 12.2. The van der Waals surface area contributed by atoms with Gasteiger partial charge in [0, 0.05) is 18.5 Å². The Morgan fingerprint density at radius 1 is 1.16 bits per heavy atom. The van der Waals surface area contributed by atoms with Crippen LogP contribution in [0.4, 0.5) is 0 Å². The van der Waals surface area contributed by atoms with Crippen molar-refractivity contribution in [2.45, 2.75) is 53.0 Å². The molecule has 19 heavy (non-hydrogen) atoms. The molecule has 0 rings (SSSR count). The van der Waals surface area contributed by atoms with Gasteiger partial charge in [-0.25, -0.2) is 0 Å². The molecule has 5 nitrogen and oxygen atoms in total. The van der Waals surface area contributed by atoms with Gasteiger partial charge in [0.25, 0.3) is 0 Å². The highest BCUT2D eigenvalue weighted by Gasteiger charge is 2.22. The third kappa shape index (κ3) is 8.59. The summed E-state index contributed by atoms with van der Waals surface area (Å²) in [4.78, 5) is 24.5. The first-order valence-corrected chi connectivity index (χ1v) is 7.00. The van der Waals surface area contributed by atoms with Gasteiger partial charge in [-0.05, 0) is 25.7 Å². The topological polar surface area (TPSA) is 83.6 Å². The lowest BCUT2D eigenvalue weighted by Crippen LogP contribution is -2.41. The summed E-state index contributed by atoms with van der Waals surface area (Å²) in [5.41, 5.74) is 5.67. The van der Waals surface area contributed by atoms with Gasteiger partial charge in [-0.15, -0.1) is 0 Å². The summed E-state index contributed by atoms with van der Waals surface area (Å²) < 4.78 is 0. The number of amides is 1. The molecule has 2 atom stereocenters. The Balaban J connectivity index is 4.38. The van der Waals surface area contributed by atoms with Crippen LogP contribution in [0.3, 0.4) is 0 Å². The number of aliphatic carboxylic acids is 1. The van der Waals surface area contributed by atoms with Crippen LogP contribution in [0.25, 0.3) is 0 Å². The molecule has 2 unspecified atom stereocenters. The molecule has 0 aromatic heterocycles. The Kier molecular flexibility index (Phi) is 8.39. The van der Waals surface area contributed by atoms with Crippen molar-refractivity contribution in [1.29, 1.82) is 0 Å². The van der Waals surface area contributed by atoms with Crippen LogP contribution in [0, 0.1) is 11.8 Å². The predicted octanol–water partition coefficient (Wildman–Crippen LogP) is 1.71. The van der Waals surface area contributed by atoms with E-state index in [1.54, 1.807) is 0 Å². The molecule has 0 fully saturated rings. The molecule has 3 N–H and O–H groups in total. The van der Waals surface area contributed by atoms with Crippen LogP contribution in [0.5, 0.6) is 0 Å². The van der Waals surface area contributed by atoms with E-state index in [9.17, 15) is 9.59 Å². The summed E-state index contributed by atoms with van der Waals surface area (Å²) in [5.74, 6) is -0.908. The number of carboxylic acid groups (broad SMARTS) is 1. The molecule has 0 aliphatic rings. The van der Waals surface area contributed by atoms with Crippen molar-refractivity contribution < 1.29 is 14.7 Å². The predicted molar refractivity (Wildman–Crippen MR) is 75.7 cm³/mol. The molecule has 0 saturated heterocycles. The second-order valence-electron chi connectivity index (χ2n) is 5.82. The largest absolute Gasteiger partial charge is 0.480 e. The van der Waals surface area contributed by atoms with Crippen molar-refractivity contribution in [1.82, 2.24) is 4.90 Å². The summed E-state index contributed by atoms with van der Waals surface area (Å²) in [5, 5.41) is 8.87. The standard InChI is InChI=1S/C14H28N2O3/c1-10(2)8-16(9-13(17)18)14(19)11(3)6-5-7-12(4)15/h10-12H,5-9,15H2,1-4H3,(H,17,18). The van der Waals surface area contributed by atoms with E-state index in [-0.39, 0.29) is 30.3 Å². The molecule has 0 heterocycles. The minimum Gasteiger partial charge on any atom is -0.480 e. The van der Waals surface area contributed by atoms with Crippen molar-refractivity contribution in [3.8, 4) is 0 Å². The number of hydrogen-bond donors (Lipinski definition) is 2. The Morgan fingerprint density at radius 2 is 1.74 bits per heavy atom. The molecule has 0 aliphatic heterocycles. The summed E-state index contributed by atoms with van der Waals surface area (Å²) in [6.07, 6.45) is 2.54. The zero-order valence-corrected chi connectivity index (χ0v) is 12.6. The van der Waals surface area contributed by atoms with E-state index in [1.807, 2.05) is 27.7 Å². The third-order valence-electron chi connectivity index (χ3n) is 2.94. The minimum atomic E-state index is -0.961. The molecular formula is C14H28N2O3. The third-order valence-corrected chi connectivity index (χ3v) is 2.94. The molecule has 0 aliphatic carbocycles. The maximum Gasteiger partial charge on any atom is 0.323 e. The molecule has 5 heteroatoms. The van der Waals surface area contributed by atoms with Gasteiger partial charge in [-0.2, -0.15) is 0 Å². The van der Waals surface area contributed by atoms with E-state index >= 15 is 0 Å². The number of carbonyl (C=O) groups is 2. The highest BCUT2D eigenvalue weighted by Crippen LogP contribution is 2.13. The monoisotopic (exact) mass is 272 g/mol. The number of nitrogens with zero attached hydrogens (tertiary/aromatic N) is 1. The van der Waals surface area contributed by atoms with E-state index in [0.717, 1.165) is 19.3 Å². The molecular weight excluding hydrogens is 244 g/mol. The first kappa shape index (κ1) is 17.9. The zero-order chi connectivity index (χ0) is 15.0. The van der Waals surface area contributed by atoms with Crippen LogP contribution in [-0.2, 0) is 9.59 Å². The Morgan fingerprint density at radius 3 is 2.16 bits per heavy atom. The molecule has 0 bridgehead atoms. The van der Waals surface area contributed by atoms with Crippen molar-refractivity contribution in [2.24, 2.45) is 17.6 Å². The highest BCUT2D eigenvalue weighted by atomic mass is 16.4. The van der Waals surface area contributed by atoms with E-state index < -0.39 is 5.97 Å². The first-order valence-electron chi connectivity index (χ1n) is 7.00. The SMILES string of the molecule is CC(C)CN(CC(=O)O)C(=O)C(C)CCCC(C)N. The lowest BCUT2D eigenvalue weighted by molar-refractivity contribution is -0.146.